The average Bonchev–Trinajstić information content (AvgIpc) is 2.71. The van der Waals surface area contributed by atoms with Crippen molar-refractivity contribution in [1.29, 1.82) is 0 Å². The Morgan fingerprint density at radius 1 is 1.13 bits per heavy atom. The third kappa shape index (κ3) is 6.80. The molecule has 9 heteroatoms. The summed E-state index contributed by atoms with van der Waals surface area (Å²) in [5.41, 5.74) is 2.61. The van der Waals surface area contributed by atoms with Crippen LogP contribution in [0.3, 0.4) is 0 Å². The molecule has 0 unspecified atom stereocenters. The lowest BCUT2D eigenvalue weighted by Gasteiger charge is -2.26. The van der Waals surface area contributed by atoms with E-state index in [4.69, 9.17) is 4.74 Å². The van der Waals surface area contributed by atoms with Gasteiger partial charge in [0.15, 0.2) is 0 Å². The second-order valence-electron chi connectivity index (χ2n) is 7.23. The summed E-state index contributed by atoms with van der Waals surface area (Å²) in [6, 6.07) is 14.9. The van der Waals surface area contributed by atoms with Crippen LogP contribution in [0.2, 0.25) is 0 Å². The molecule has 3 rings (SSSR count). The molecular weight excluding hydrogens is 470 g/mol. The van der Waals surface area contributed by atoms with Gasteiger partial charge in [-0.3, -0.25) is 14.0 Å². The van der Waals surface area contributed by atoms with Crippen molar-refractivity contribution in [2.75, 3.05) is 43.4 Å². The molecule has 1 fully saturated rings. The van der Waals surface area contributed by atoms with E-state index in [-0.39, 0.29) is 12.5 Å². The first-order valence-corrected chi connectivity index (χ1v) is 12.3. The van der Waals surface area contributed by atoms with Gasteiger partial charge in [-0.05, 0) is 29.3 Å². The number of nitrogens with one attached hydrogen (secondary N) is 1. The van der Waals surface area contributed by atoms with Crippen molar-refractivity contribution < 1.29 is 17.9 Å². The van der Waals surface area contributed by atoms with Crippen LogP contribution in [0.4, 0.5) is 5.69 Å². The Hall–Kier alpha value is -1.94. The zero-order chi connectivity index (χ0) is 21.6. The van der Waals surface area contributed by atoms with Gasteiger partial charge in [-0.15, -0.1) is 0 Å². The SMILES string of the molecule is CS(=O)(=O)N(CC(=O)NCc1ccc(CN2CCOCC2)cc1)c1cccc(Br)c1. The van der Waals surface area contributed by atoms with Crippen LogP contribution in [0, 0.1) is 0 Å². The molecule has 0 bridgehead atoms. The van der Waals surface area contributed by atoms with Crippen molar-refractivity contribution >= 4 is 37.5 Å². The first kappa shape index (κ1) is 22.7. The van der Waals surface area contributed by atoms with Crippen molar-refractivity contribution in [2.24, 2.45) is 0 Å². The highest BCUT2D eigenvalue weighted by Crippen LogP contribution is 2.21. The first-order valence-electron chi connectivity index (χ1n) is 9.69. The molecule has 30 heavy (non-hydrogen) atoms. The molecule has 1 heterocycles. The second kappa shape index (κ2) is 10.4. The van der Waals surface area contributed by atoms with Crippen molar-refractivity contribution in [3.63, 3.8) is 0 Å². The van der Waals surface area contributed by atoms with Crippen molar-refractivity contribution in [1.82, 2.24) is 10.2 Å². The molecule has 1 N–H and O–H groups in total. The number of halogens is 1. The minimum absolute atomic E-state index is 0.273. The van der Waals surface area contributed by atoms with Crippen LogP contribution in [-0.2, 0) is 32.6 Å². The molecule has 1 aliphatic rings. The van der Waals surface area contributed by atoms with Gasteiger partial charge in [-0.1, -0.05) is 46.3 Å². The number of hydrogen-bond acceptors (Lipinski definition) is 5. The van der Waals surface area contributed by atoms with Gasteiger partial charge in [0.05, 0.1) is 25.2 Å². The van der Waals surface area contributed by atoms with Crippen LogP contribution in [0.15, 0.2) is 53.0 Å². The summed E-state index contributed by atoms with van der Waals surface area (Å²) in [6.07, 6.45) is 1.09. The molecule has 0 spiro atoms. The zero-order valence-electron chi connectivity index (χ0n) is 16.9. The number of morpholine rings is 1. The summed E-state index contributed by atoms with van der Waals surface area (Å²) in [7, 11) is -3.59. The lowest BCUT2D eigenvalue weighted by atomic mass is 10.1. The number of carbonyl (C=O) groups excluding carboxylic acids is 1. The van der Waals surface area contributed by atoms with Crippen molar-refractivity contribution in [3.8, 4) is 0 Å². The van der Waals surface area contributed by atoms with E-state index in [9.17, 15) is 13.2 Å². The van der Waals surface area contributed by atoms with Crippen LogP contribution >= 0.6 is 15.9 Å². The van der Waals surface area contributed by atoms with Gasteiger partial charge in [0, 0.05) is 30.7 Å². The van der Waals surface area contributed by atoms with Gasteiger partial charge >= 0.3 is 0 Å². The minimum atomic E-state index is -3.59. The van der Waals surface area contributed by atoms with Gasteiger partial charge in [0.2, 0.25) is 15.9 Å². The highest BCUT2D eigenvalue weighted by molar-refractivity contribution is 9.10. The van der Waals surface area contributed by atoms with E-state index >= 15 is 0 Å². The summed E-state index contributed by atoms with van der Waals surface area (Å²) in [5, 5.41) is 2.80. The normalized spacial score (nSPS) is 15.0. The largest absolute Gasteiger partial charge is 0.379 e. The van der Waals surface area contributed by atoms with Crippen LogP contribution in [0.5, 0.6) is 0 Å². The quantitative estimate of drug-likeness (QED) is 0.607. The molecule has 0 aliphatic carbocycles. The molecule has 1 aliphatic heterocycles. The molecule has 0 aromatic heterocycles. The maximum absolute atomic E-state index is 12.4. The summed E-state index contributed by atoms with van der Waals surface area (Å²) >= 11 is 3.33. The number of carbonyl (C=O) groups is 1. The molecule has 0 saturated carbocycles. The number of rotatable bonds is 8. The van der Waals surface area contributed by atoms with Crippen LogP contribution in [0.25, 0.3) is 0 Å². The summed E-state index contributed by atoms with van der Waals surface area (Å²) in [5.74, 6) is -0.363. The van der Waals surface area contributed by atoms with Crippen LogP contribution < -0.4 is 9.62 Å². The molecule has 2 aromatic rings. The third-order valence-corrected chi connectivity index (χ3v) is 6.44. The fraction of sp³-hybridized carbons (Fsp3) is 0.381. The lowest BCUT2D eigenvalue weighted by Crippen LogP contribution is -2.40. The maximum atomic E-state index is 12.4. The van der Waals surface area contributed by atoms with Gasteiger partial charge in [-0.25, -0.2) is 8.42 Å². The van der Waals surface area contributed by atoms with Gasteiger partial charge in [0.1, 0.15) is 6.54 Å². The fourth-order valence-electron chi connectivity index (χ4n) is 3.20. The monoisotopic (exact) mass is 495 g/mol. The number of sulfonamides is 1. The van der Waals surface area contributed by atoms with Crippen molar-refractivity contribution in [2.45, 2.75) is 13.1 Å². The third-order valence-electron chi connectivity index (χ3n) is 4.81. The van der Waals surface area contributed by atoms with Crippen LogP contribution in [0.1, 0.15) is 11.1 Å². The topological polar surface area (TPSA) is 79.0 Å². The number of anilines is 1. The predicted octanol–water partition coefficient (Wildman–Crippen LogP) is 2.36. The molecular formula is C21H26BrN3O4S. The number of benzene rings is 2. The molecule has 1 saturated heterocycles. The van der Waals surface area contributed by atoms with Gasteiger partial charge in [0.25, 0.3) is 0 Å². The number of amides is 1. The standard InChI is InChI=1S/C21H26BrN3O4S/c1-30(27,28)25(20-4-2-3-19(22)13-20)16-21(26)23-14-17-5-7-18(8-6-17)15-24-9-11-29-12-10-24/h2-8,13H,9-12,14-16H2,1H3,(H,23,26). The van der Waals surface area contributed by atoms with E-state index in [1.54, 1.807) is 24.3 Å². The Morgan fingerprint density at radius 3 is 2.43 bits per heavy atom. The number of hydrogen-bond donors (Lipinski definition) is 1. The van der Waals surface area contributed by atoms with E-state index in [0.29, 0.717) is 12.2 Å². The van der Waals surface area contributed by atoms with E-state index in [1.807, 2.05) is 12.1 Å². The molecule has 0 atom stereocenters. The molecule has 0 radical (unpaired) electrons. The van der Waals surface area contributed by atoms with E-state index in [1.165, 1.54) is 5.56 Å². The van der Waals surface area contributed by atoms with Crippen LogP contribution in [-0.4, -0.2) is 58.3 Å². The van der Waals surface area contributed by atoms with Gasteiger partial charge < -0.3 is 10.1 Å². The van der Waals surface area contributed by atoms with E-state index in [2.05, 4.69) is 38.3 Å². The number of ether oxygens (including phenoxy) is 1. The molecule has 7 nitrogen and oxygen atoms in total. The fourth-order valence-corrected chi connectivity index (χ4v) is 4.43. The lowest BCUT2D eigenvalue weighted by molar-refractivity contribution is -0.119. The Kier molecular flexibility index (Phi) is 7.87. The summed E-state index contributed by atoms with van der Waals surface area (Å²) < 4.78 is 31.6. The predicted molar refractivity (Wildman–Crippen MR) is 121 cm³/mol. The molecule has 1 amide bonds. The second-order valence-corrected chi connectivity index (χ2v) is 10.1. The summed E-state index contributed by atoms with van der Waals surface area (Å²) in [6.45, 7) is 4.37. The minimum Gasteiger partial charge on any atom is -0.379 e. The first-order chi connectivity index (χ1) is 14.3. The smallest absolute Gasteiger partial charge is 0.241 e. The number of nitrogens with zero attached hydrogens (tertiary/aromatic N) is 2. The zero-order valence-corrected chi connectivity index (χ0v) is 19.3. The average molecular weight is 496 g/mol. The Bertz CT molecular complexity index is 960. The highest BCUT2D eigenvalue weighted by Gasteiger charge is 2.21. The Balaban J connectivity index is 1.55. The van der Waals surface area contributed by atoms with E-state index < -0.39 is 10.0 Å². The maximum Gasteiger partial charge on any atom is 0.241 e. The Morgan fingerprint density at radius 2 is 1.80 bits per heavy atom. The highest BCUT2D eigenvalue weighted by atomic mass is 79.9. The molecule has 162 valence electrons. The van der Waals surface area contributed by atoms with Gasteiger partial charge in [-0.2, -0.15) is 0 Å². The Labute approximate surface area is 186 Å². The molecule has 2 aromatic carbocycles. The summed E-state index contributed by atoms with van der Waals surface area (Å²) in [4.78, 5) is 14.8. The van der Waals surface area contributed by atoms with Crippen molar-refractivity contribution in [3.05, 3.63) is 64.1 Å². The van der Waals surface area contributed by atoms with E-state index in [0.717, 1.165) is 53.4 Å².